The maximum Gasteiger partial charge on any atom is 0.122 e. The molecule has 0 amide bonds. The van der Waals surface area contributed by atoms with Gasteiger partial charge < -0.3 is 10.1 Å². The fourth-order valence-corrected chi connectivity index (χ4v) is 2.56. The first-order valence-electron chi connectivity index (χ1n) is 6.38. The number of benzene rings is 1. The normalized spacial score (nSPS) is 16.4. The molecule has 0 bridgehead atoms. The van der Waals surface area contributed by atoms with Crippen LogP contribution < -0.4 is 10.1 Å². The van der Waals surface area contributed by atoms with Crippen molar-refractivity contribution in [3.05, 3.63) is 28.8 Å². The van der Waals surface area contributed by atoms with Gasteiger partial charge in [-0.25, -0.2) is 0 Å². The standard InChI is InChI=1S/C14H20ClNO/c1-11-10-12(15)6-7-14(11)17-9-8-16-13-4-2-3-5-13/h6-7,10,13,16H,2-5,8-9H2,1H3. The predicted molar refractivity (Wildman–Crippen MR) is 71.9 cm³/mol. The fraction of sp³-hybridized carbons (Fsp3) is 0.571. The van der Waals surface area contributed by atoms with Crippen LogP contribution in [0.1, 0.15) is 31.2 Å². The Balaban J connectivity index is 1.70. The largest absolute Gasteiger partial charge is 0.492 e. The maximum atomic E-state index is 5.90. The van der Waals surface area contributed by atoms with Crippen LogP contribution in [0.3, 0.4) is 0 Å². The van der Waals surface area contributed by atoms with Crippen molar-refractivity contribution in [1.82, 2.24) is 5.32 Å². The Morgan fingerprint density at radius 2 is 2.12 bits per heavy atom. The van der Waals surface area contributed by atoms with Gasteiger partial charge in [-0.05, 0) is 43.5 Å². The molecule has 1 aromatic carbocycles. The molecule has 94 valence electrons. The van der Waals surface area contributed by atoms with Crippen LogP contribution in [0, 0.1) is 6.92 Å². The van der Waals surface area contributed by atoms with Gasteiger partial charge in [-0.2, -0.15) is 0 Å². The monoisotopic (exact) mass is 253 g/mol. The average Bonchev–Trinajstić information content (AvgIpc) is 2.79. The molecule has 2 rings (SSSR count). The van der Waals surface area contributed by atoms with E-state index in [1.807, 2.05) is 25.1 Å². The van der Waals surface area contributed by atoms with E-state index in [4.69, 9.17) is 16.3 Å². The first-order valence-corrected chi connectivity index (χ1v) is 6.76. The number of rotatable bonds is 5. The first kappa shape index (κ1) is 12.7. The highest BCUT2D eigenvalue weighted by Crippen LogP contribution is 2.21. The van der Waals surface area contributed by atoms with E-state index >= 15 is 0 Å². The molecule has 1 fully saturated rings. The van der Waals surface area contributed by atoms with Crippen LogP contribution >= 0.6 is 11.6 Å². The van der Waals surface area contributed by atoms with Gasteiger partial charge in [0.2, 0.25) is 0 Å². The van der Waals surface area contributed by atoms with Gasteiger partial charge in [-0.15, -0.1) is 0 Å². The van der Waals surface area contributed by atoms with Crippen LogP contribution in [0.5, 0.6) is 5.75 Å². The molecule has 1 saturated carbocycles. The van der Waals surface area contributed by atoms with E-state index in [0.29, 0.717) is 6.04 Å². The summed E-state index contributed by atoms with van der Waals surface area (Å²) >= 11 is 5.90. The van der Waals surface area contributed by atoms with Gasteiger partial charge in [-0.1, -0.05) is 24.4 Å². The second-order valence-electron chi connectivity index (χ2n) is 4.69. The molecule has 0 spiro atoms. The molecule has 0 aromatic heterocycles. The smallest absolute Gasteiger partial charge is 0.122 e. The van der Waals surface area contributed by atoms with Crippen molar-refractivity contribution in [2.75, 3.05) is 13.2 Å². The molecular weight excluding hydrogens is 234 g/mol. The molecule has 3 heteroatoms. The zero-order valence-electron chi connectivity index (χ0n) is 10.3. The summed E-state index contributed by atoms with van der Waals surface area (Å²) in [6.45, 7) is 3.66. The third-order valence-corrected chi connectivity index (χ3v) is 3.52. The fourth-order valence-electron chi connectivity index (χ4n) is 2.33. The van der Waals surface area contributed by atoms with Crippen molar-refractivity contribution in [2.24, 2.45) is 0 Å². The van der Waals surface area contributed by atoms with Crippen molar-refractivity contribution in [1.29, 1.82) is 0 Å². The van der Waals surface area contributed by atoms with Gasteiger partial charge in [0.05, 0.1) is 0 Å². The Kier molecular flexibility index (Phi) is 4.69. The molecule has 1 aliphatic rings. The highest BCUT2D eigenvalue weighted by molar-refractivity contribution is 6.30. The third kappa shape index (κ3) is 3.90. The number of ether oxygens (including phenoxy) is 1. The Morgan fingerprint density at radius 1 is 1.35 bits per heavy atom. The molecule has 0 radical (unpaired) electrons. The molecule has 0 unspecified atom stereocenters. The van der Waals surface area contributed by atoms with Crippen molar-refractivity contribution < 1.29 is 4.74 Å². The Hall–Kier alpha value is -0.730. The van der Waals surface area contributed by atoms with E-state index in [2.05, 4.69) is 5.32 Å². The van der Waals surface area contributed by atoms with Crippen LogP contribution in [0.25, 0.3) is 0 Å². The van der Waals surface area contributed by atoms with Gasteiger partial charge in [0.15, 0.2) is 0 Å². The molecule has 0 heterocycles. The number of halogens is 1. The lowest BCUT2D eigenvalue weighted by atomic mass is 10.2. The van der Waals surface area contributed by atoms with E-state index < -0.39 is 0 Å². The third-order valence-electron chi connectivity index (χ3n) is 3.28. The van der Waals surface area contributed by atoms with Crippen molar-refractivity contribution in [3.8, 4) is 5.75 Å². The lowest BCUT2D eigenvalue weighted by molar-refractivity contribution is 0.303. The summed E-state index contributed by atoms with van der Waals surface area (Å²) in [5.41, 5.74) is 1.10. The number of aryl methyl sites for hydroxylation is 1. The van der Waals surface area contributed by atoms with Crippen LogP contribution in [0.2, 0.25) is 5.02 Å². The summed E-state index contributed by atoms with van der Waals surface area (Å²) < 4.78 is 5.73. The van der Waals surface area contributed by atoms with Crippen LogP contribution in [0.15, 0.2) is 18.2 Å². The highest BCUT2D eigenvalue weighted by Gasteiger charge is 2.13. The minimum absolute atomic E-state index is 0.713. The second-order valence-corrected chi connectivity index (χ2v) is 5.13. The minimum Gasteiger partial charge on any atom is -0.492 e. The molecular formula is C14H20ClNO. The van der Waals surface area contributed by atoms with E-state index in [1.54, 1.807) is 0 Å². The summed E-state index contributed by atoms with van der Waals surface area (Å²) in [6.07, 6.45) is 5.38. The summed E-state index contributed by atoms with van der Waals surface area (Å²) in [4.78, 5) is 0. The summed E-state index contributed by atoms with van der Waals surface area (Å²) in [5, 5.41) is 4.29. The topological polar surface area (TPSA) is 21.3 Å². The highest BCUT2D eigenvalue weighted by atomic mass is 35.5. The molecule has 1 N–H and O–H groups in total. The molecule has 0 saturated heterocycles. The lowest BCUT2D eigenvalue weighted by Crippen LogP contribution is -2.30. The van der Waals surface area contributed by atoms with Gasteiger partial charge in [-0.3, -0.25) is 0 Å². The van der Waals surface area contributed by atoms with E-state index in [-0.39, 0.29) is 0 Å². The quantitative estimate of drug-likeness (QED) is 0.811. The van der Waals surface area contributed by atoms with Crippen molar-refractivity contribution >= 4 is 11.6 Å². The molecule has 0 aliphatic heterocycles. The minimum atomic E-state index is 0.713. The van der Waals surface area contributed by atoms with Crippen LogP contribution in [0.4, 0.5) is 0 Å². The summed E-state index contributed by atoms with van der Waals surface area (Å²) in [5.74, 6) is 0.933. The second kappa shape index (κ2) is 6.27. The van der Waals surface area contributed by atoms with Gasteiger partial charge >= 0.3 is 0 Å². The molecule has 1 aliphatic carbocycles. The average molecular weight is 254 g/mol. The first-order chi connectivity index (χ1) is 8.25. The number of hydrogen-bond acceptors (Lipinski definition) is 2. The van der Waals surface area contributed by atoms with Crippen molar-refractivity contribution in [3.63, 3.8) is 0 Å². The zero-order chi connectivity index (χ0) is 12.1. The summed E-state index contributed by atoms with van der Waals surface area (Å²) in [7, 11) is 0. The Labute approximate surface area is 108 Å². The zero-order valence-corrected chi connectivity index (χ0v) is 11.1. The molecule has 1 aromatic rings. The predicted octanol–water partition coefficient (Wildman–Crippen LogP) is 3.56. The lowest BCUT2D eigenvalue weighted by Gasteiger charge is -2.13. The van der Waals surface area contributed by atoms with Gasteiger partial charge in [0, 0.05) is 17.6 Å². The number of hydrogen-bond donors (Lipinski definition) is 1. The molecule has 17 heavy (non-hydrogen) atoms. The van der Waals surface area contributed by atoms with E-state index in [0.717, 1.165) is 29.5 Å². The SMILES string of the molecule is Cc1cc(Cl)ccc1OCCNC1CCCC1. The van der Waals surface area contributed by atoms with E-state index in [1.165, 1.54) is 25.7 Å². The van der Waals surface area contributed by atoms with Crippen LogP contribution in [-0.2, 0) is 0 Å². The maximum absolute atomic E-state index is 5.90. The molecule has 2 nitrogen and oxygen atoms in total. The van der Waals surface area contributed by atoms with E-state index in [9.17, 15) is 0 Å². The van der Waals surface area contributed by atoms with Crippen molar-refractivity contribution in [2.45, 2.75) is 38.6 Å². The Bertz CT molecular complexity index is 361. The van der Waals surface area contributed by atoms with Gasteiger partial charge in [0.25, 0.3) is 0 Å². The number of nitrogens with one attached hydrogen (secondary N) is 1. The Morgan fingerprint density at radius 3 is 2.82 bits per heavy atom. The molecule has 0 atom stereocenters. The van der Waals surface area contributed by atoms with Crippen LogP contribution in [-0.4, -0.2) is 19.2 Å². The summed E-state index contributed by atoms with van der Waals surface area (Å²) in [6, 6.07) is 6.45. The van der Waals surface area contributed by atoms with Gasteiger partial charge in [0.1, 0.15) is 12.4 Å².